The molecule has 0 radical (unpaired) electrons. The molecule has 2 unspecified atom stereocenters. The molecule has 1 nitrogen and oxygen atoms in total. The van der Waals surface area contributed by atoms with Gasteiger partial charge >= 0.3 is 0 Å². The van der Waals surface area contributed by atoms with Crippen molar-refractivity contribution in [1.29, 1.82) is 0 Å². The zero-order valence-electron chi connectivity index (χ0n) is 9.43. The Morgan fingerprint density at radius 2 is 1.36 bits per heavy atom. The van der Waals surface area contributed by atoms with Gasteiger partial charge in [0.2, 0.25) is 0 Å². The van der Waals surface area contributed by atoms with Gasteiger partial charge < -0.3 is 5.73 Å². The predicted molar refractivity (Wildman–Crippen MR) is 61.2 cm³/mol. The van der Waals surface area contributed by atoms with Crippen molar-refractivity contribution in [2.45, 2.75) is 76.2 Å². The van der Waals surface area contributed by atoms with Crippen molar-refractivity contribution < 1.29 is 0 Å². The Balaban J connectivity index is 2.02. The van der Waals surface area contributed by atoms with E-state index in [1.807, 2.05) is 0 Å². The molecule has 2 bridgehead atoms. The fourth-order valence-electron chi connectivity index (χ4n) is 3.43. The van der Waals surface area contributed by atoms with Crippen molar-refractivity contribution in [3.63, 3.8) is 0 Å². The van der Waals surface area contributed by atoms with E-state index in [2.05, 4.69) is 0 Å². The van der Waals surface area contributed by atoms with Gasteiger partial charge in [-0.05, 0) is 25.2 Å². The fourth-order valence-corrected chi connectivity index (χ4v) is 3.43. The van der Waals surface area contributed by atoms with Gasteiger partial charge in [-0.1, -0.05) is 51.4 Å². The van der Waals surface area contributed by atoms with E-state index in [1.54, 1.807) is 0 Å². The fraction of sp³-hybridized carbons (Fsp3) is 1.00. The van der Waals surface area contributed by atoms with Gasteiger partial charge in [-0.25, -0.2) is 0 Å². The zero-order valence-corrected chi connectivity index (χ0v) is 9.43. The number of fused-ring (bicyclic) bond motifs is 2. The van der Waals surface area contributed by atoms with Crippen LogP contribution in [0.4, 0.5) is 0 Å². The smallest absolute Gasteiger partial charge is 0.0157 e. The van der Waals surface area contributed by atoms with E-state index in [0.29, 0.717) is 0 Å². The summed E-state index contributed by atoms with van der Waals surface area (Å²) >= 11 is 0. The molecule has 0 spiro atoms. The summed E-state index contributed by atoms with van der Waals surface area (Å²) in [5.74, 6) is 0.959. The normalized spacial score (nSPS) is 40.5. The molecule has 2 saturated carbocycles. The first-order valence-corrected chi connectivity index (χ1v) is 6.57. The SMILES string of the molecule is NC12CCCCCCC(CCCC1)C2. The van der Waals surface area contributed by atoms with Crippen LogP contribution in [0.3, 0.4) is 0 Å². The van der Waals surface area contributed by atoms with E-state index < -0.39 is 0 Å². The van der Waals surface area contributed by atoms with Crippen LogP contribution >= 0.6 is 0 Å². The number of hydrogen-bond donors (Lipinski definition) is 1. The molecule has 0 saturated heterocycles. The van der Waals surface area contributed by atoms with Crippen LogP contribution in [0.5, 0.6) is 0 Å². The van der Waals surface area contributed by atoms with Crippen molar-refractivity contribution >= 4 is 0 Å². The lowest BCUT2D eigenvalue weighted by Crippen LogP contribution is -2.40. The van der Waals surface area contributed by atoms with Gasteiger partial charge in [-0.2, -0.15) is 0 Å². The first kappa shape index (κ1) is 10.5. The second-order valence-electron chi connectivity index (χ2n) is 5.63. The summed E-state index contributed by atoms with van der Waals surface area (Å²) in [6.45, 7) is 0. The minimum Gasteiger partial charge on any atom is -0.325 e. The lowest BCUT2D eigenvalue weighted by molar-refractivity contribution is 0.291. The van der Waals surface area contributed by atoms with E-state index in [0.717, 1.165) is 5.92 Å². The number of rotatable bonds is 0. The average molecular weight is 195 g/mol. The molecule has 2 atom stereocenters. The molecule has 2 N–H and O–H groups in total. The predicted octanol–water partition coefficient (Wildman–Crippen LogP) is 3.62. The highest BCUT2D eigenvalue weighted by molar-refractivity contribution is 4.89. The minimum absolute atomic E-state index is 0.228. The van der Waals surface area contributed by atoms with Gasteiger partial charge in [0, 0.05) is 5.54 Å². The van der Waals surface area contributed by atoms with Crippen LogP contribution in [0, 0.1) is 5.92 Å². The summed E-state index contributed by atoms with van der Waals surface area (Å²) in [6.07, 6.45) is 15.4. The van der Waals surface area contributed by atoms with Crippen LogP contribution < -0.4 is 5.73 Å². The topological polar surface area (TPSA) is 26.0 Å². The summed E-state index contributed by atoms with van der Waals surface area (Å²) in [5, 5.41) is 0. The molecular weight excluding hydrogens is 170 g/mol. The molecule has 2 rings (SSSR count). The first-order chi connectivity index (χ1) is 6.79. The summed E-state index contributed by atoms with van der Waals surface area (Å²) in [7, 11) is 0. The van der Waals surface area contributed by atoms with Gasteiger partial charge in [-0.3, -0.25) is 0 Å². The van der Waals surface area contributed by atoms with Crippen molar-refractivity contribution in [1.82, 2.24) is 0 Å². The number of hydrogen-bond acceptors (Lipinski definition) is 1. The first-order valence-electron chi connectivity index (χ1n) is 6.57. The second kappa shape index (κ2) is 4.65. The van der Waals surface area contributed by atoms with Crippen LogP contribution in [0.15, 0.2) is 0 Å². The highest BCUT2D eigenvalue weighted by Crippen LogP contribution is 2.36. The monoisotopic (exact) mass is 195 g/mol. The third-order valence-corrected chi connectivity index (χ3v) is 4.27. The Morgan fingerprint density at radius 3 is 2.14 bits per heavy atom. The van der Waals surface area contributed by atoms with Crippen molar-refractivity contribution in [2.75, 3.05) is 0 Å². The highest BCUT2D eigenvalue weighted by atomic mass is 14.7. The molecule has 2 aliphatic carbocycles. The maximum absolute atomic E-state index is 6.54. The summed E-state index contributed by atoms with van der Waals surface area (Å²) in [6, 6.07) is 0. The Morgan fingerprint density at radius 1 is 0.786 bits per heavy atom. The van der Waals surface area contributed by atoms with E-state index in [1.165, 1.54) is 70.6 Å². The van der Waals surface area contributed by atoms with Crippen LogP contribution in [0.1, 0.15) is 70.6 Å². The van der Waals surface area contributed by atoms with Gasteiger partial charge in [-0.15, -0.1) is 0 Å². The van der Waals surface area contributed by atoms with Gasteiger partial charge in [0.05, 0.1) is 0 Å². The molecule has 0 aromatic carbocycles. The average Bonchev–Trinajstić information content (AvgIpc) is 2.27. The molecule has 0 aromatic rings. The molecular formula is C13H25N. The second-order valence-corrected chi connectivity index (χ2v) is 5.63. The van der Waals surface area contributed by atoms with Crippen molar-refractivity contribution in [3.8, 4) is 0 Å². The molecule has 0 heterocycles. The molecule has 0 aliphatic heterocycles. The molecule has 2 aliphatic rings. The van der Waals surface area contributed by atoms with Crippen LogP contribution in [-0.2, 0) is 0 Å². The highest BCUT2D eigenvalue weighted by Gasteiger charge is 2.30. The molecule has 0 amide bonds. The molecule has 1 heteroatoms. The molecule has 2 fully saturated rings. The van der Waals surface area contributed by atoms with Crippen molar-refractivity contribution in [3.05, 3.63) is 0 Å². The Kier molecular flexibility index (Phi) is 3.48. The molecule has 0 aromatic heterocycles. The minimum atomic E-state index is 0.228. The standard InChI is InChI=1S/C13H25N/c14-13-9-5-2-1-3-7-12(11-13)8-4-6-10-13/h12H,1-11,14H2. The van der Waals surface area contributed by atoms with Gasteiger partial charge in [0.15, 0.2) is 0 Å². The zero-order chi connectivity index (χ0) is 9.86. The van der Waals surface area contributed by atoms with Gasteiger partial charge in [0.1, 0.15) is 0 Å². The van der Waals surface area contributed by atoms with Crippen molar-refractivity contribution in [2.24, 2.45) is 11.7 Å². The Bertz CT molecular complexity index is 178. The van der Waals surface area contributed by atoms with E-state index in [9.17, 15) is 0 Å². The van der Waals surface area contributed by atoms with E-state index >= 15 is 0 Å². The van der Waals surface area contributed by atoms with Crippen LogP contribution in [0.25, 0.3) is 0 Å². The Hall–Kier alpha value is -0.0400. The number of nitrogens with two attached hydrogens (primary N) is 1. The van der Waals surface area contributed by atoms with Crippen LogP contribution in [-0.4, -0.2) is 5.54 Å². The lowest BCUT2D eigenvalue weighted by Gasteiger charge is -2.30. The largest absolute Gasteiger partial charge is 0.325 e. The maximum atomic E-state index is 6.54. The Labute approximate surface area is 88.4 Å². The third-order valence-electron chi connectivity index (χ3n) is 4.27. The summed E-state index contributed by atoms with van der Waals surface area (Å²) in [4.78, 5) is 0. The van der Waals surface area contributed by atoms with Crippen LogP contribution in [0.2, 0.25) is 0 Å². The third kappa shape index (κ3) is 2.73. The van der Waals surface area contributed by atoms with E-state index in [4.69, 9.17) is 5.73 Å². The maximum Gasteiger partial charge on any atom is 0.0157 e. The summed E-state index contributed by atoms with van der Waals surface area (Å²) in [5.41, 5.74) is 6.77. The molecule has 82 valence electrons. The molecule has 14 heavy (non-hydrogen) atoms. The van der Waals surface area contributed by atoms with Gasteiger partial charge in [0.25, 0.3) is 0 Å². The van der Waals surface area contributed by atoms with E-state index in [-0.39, 0.29) is 5.54 Å². The lowest BCUT2D eigenvalue weighted by atomic mass is 9.82. The summed E-state index contributed by atoms with van der Waals surface area (Å²) < 4.78 is 0. The quantitative estimate of drug-likeness (QED) is 0.627.